The van der Waals surface area contributed by atoms with Crippen molar-refractivity contribution >= 4 is 0 Å². The molecular formula is C11H10O3. The summed E-state index contributed by atoms with van der Waals surface area (Å²) in [6.45, 7) is 0.241. The summed E-state index contributed by atoms with van der Waals surface area (Å²) in [5.74, 6) is 4.61. The summed E-state index contributed by atoms with van der Waals surface area (Å²) in [5.41, 5.74) is 0.994. The number of benzene rings is 1. The normalized spacial score (nSPS) is 12.3. The Hall–Kier alpha value is -1.82. The number of ether oxygens (including phenoxy) is 3. The minimum atomic E-state index is 0.241. The molecule has 0 bridgehead atoms. The standard InChI is InChI=1S/C11H10O3/c1-3-4-8-5-9(12-2)11-10(6-8)13-7-14-11/h1,5-6H,4,7H2,2H3. The topological polar surface area (TPSA) is 27.7 Å². The van der Waals surface area contributed by atoms with Crippen LogP contribution in [-0.2, 0) is 6.42 Å². The molecule has 0 N–H and O–H groups in total. The molecule has 0 spiro atoms. The monoisotopic (exact) mass is 190 g/mol. The molecule has 0 atom stereocenters. The molecule has 3 nitrogen and oxygen atoms in total. The van der Waals surface area contributed by atoms with Crippen molar-refractivity contribution in [2.45, 2.75) is 6.42 Å². The Morgan fingerprint density at radius 3 is 3.07 bits per heavy atom. The summed E-state index contributed by atoms with van der Waals surface area (Å²) in [4.78, 5) is 0. The van der Waals surface area contributed by atoms with E-state index in [1.54, 1.807) is 7.11 Å². The fourth-order valence-corrected chi connectivity index (χ4v) is 1.40. The van der Waals surface area contributed by atoms with Gasteiger partial charge in [0.1, 0.15) is 0 Å². The third kappa shape index (κ3) is 1.35. The lowest BCUT2D eigenvalue weighted by Crippen LogP contribution is -1.93. The highest BCUT2D eigenvalue weighted by atomic mass is 16.7. The molecule has 1 aromatic carbocycles. The molecule has 0 amide bonds. The predicted molar refractivity (Wildman–Crippen MR) is 51.7 cm³/mol. The van der Waals surface area contributed by atoms with Crippen LogP contribution >= 0.6 is 0 Å². The number of fused-ring (bicyclic) bond motifs is 1. The van der Waals surface area contributed by atoms with Gasteiger partial charge in [-0.25, -0.2) is 0 Å². The van der Waals surface area contributed by atoms with E-state index < -0.39 is 0 Å². The van der Waals surface area contributed by atoms with Gasteiger partial charge in [-0.2, -0.15) is 0 Å². The molecular weight excluding hydrogens is 180 g/mol. The van der Waals surface area contributed by atoms with Gasteiger partial charge in [0, 0.05) is 6.42 Å². The van der Waals surface area contributed by atoms with Crippen molar-refractivity contribution in [3.8, 4) is 29.6 Å². The molecule has 0 aliphatic carbocycles. The number of hydrogen-bond donors (Lipinski definition) is 0. The van der Waals surface area contributed by atoms with Crippen LogP contribution in [-0.4, -0.2) is 13.9 Å². The van der Waals surface area contributed by atoms with Crippen LogP contribution in [0.5, 0.6) is 17.2 Å². The summed E-state index contributed by atoms with van der Waals surface area (Å²) in [5, 5.41) is 0. The molecule has 2 rings (SSSR count). The Bertz CT molecular complexity index is 390. The van der Waals surface area contributed by atoms with E-state index in [0.29, 0.717) is 23.7 Å². The van der Waals surface area contributed by atoms with Crippen LogP contribution in [0.3, 0.4) is 0 Å². The molecule has 1 aliphatic rings. The first-order valence-electron chi connectivity index (χ1n) is 4.25. The number of terminal acetylenes is 1. The van der Waals surface area contributed by atoms with Crippen LogP contribution in [0, 0.1) is 12.3 Å². The van der Waals surface area contributed by atoms with Gasteiger partial charge in [-0.3, -0.25) is 0 Å². The van der Waals surface area contributed by atoms with Crippen molar-refractivity contribution < 1.29 is 14.2 Å². The van der Waals surface area contributed by atoms with Crippen LogP contribution in [0.1, 0.15) is 5.56 Å². The van der Waals surface area contributed by atoms with E-state index in [-0.39, 0.29) is 6.79 Å². The Kier molecular flexibility index (Phi) is 2.19. The van der Waals surface area contributed by atoms with Crippen molar-refractivity contribution in [1.29, 1.82) is 0 Å². The summed E-state index contributed by atoms with van der Waals surface area (Å²) in [6, 6.07) is 3.75. The molecule has 72 valence electrons. The highest BCUT2D eigenvalue weighted by Gasteiger charge is 2.19. The zero-order chi connectivity index (χ0) is 9.97. The van der Waals surface area contributed by atoms with Gasteiger partial charge in [0.2, 0.25) is 12.5 Å². The van der Waals surface area contributed by atoms with Gasteiger partial charge in [-0.1, -0.05) is 0 Å². The Morgan fingerprint density at radius 2 is 2.36 bits per heavy atom. The summed E-state index contributed by atoms with van der Waals surface area (Å²) >= 11 is 0. The molecule has 0 saturated heterocycles. The summed E-state index contributed by atoms with van der Waals surface area (Å²) < 4.78 is 15.7. The molecule has 0 fully saturated rings. The molecule has 0 unspecified atom stereocenters. The van der Waals surface area contributed by atoms with E-state index in [4.69, 9.17) is 20.6 Å². The Labute approximate surface area is 82.6 Å². The van der Waals surface area contributed by atoms with Crippen molar-refractivity contribution in [3.63, 3.8) is 0 Å². The van der Waals surface area contributed by atoms with E-state index in [0.717, 1.165) is 5.56 Å². The quantitative estimate of drug-likeness (QED) is 0.663. The van der Waals surface area contributed by atoms with E-state index >= 15 is 0 Å². The van der Waals surface area contributed by atoms with E-state index in [1.807, 2.05) is 12.1 Å². The van der Waals surface area contributed by atoms with Crippen molar-refractivity contribution in [3.05, 3.63) is 17.7 Å². The van der Waals surface area contributed by atoms with Crippen LogP contribution in [0.2, 0.25) is 0 Å². The second-order valence-corrected chi connectivity index (χ2v) is 2.91. The molecule has 1 aromatic rings. The minimum Gasteiger partial charge on any atom is -0.493 e. The summed E-state index contributed by atoms with van der Waals surface area (Å²) in [6.07, 6.45) is 5.80. The van der Waals surface area contributed by atoms with E-state index in [9.17, 15) is 0 Å². The fraction of sp³-hybridized carbons (Fsp3) is 0.273. The third-order valence-electron chi connectivity index (χ3n) is 2.02. The molecule has 1 heterocycles. The smallest absolute Gasteiger partial charge is 0.231 e. The van der Waals surface area contributed by atoms with Crippen molar-refractivity contribution in [2.75, 3.05) is 13.9 Å². The van der Waals surface area contributed by atoms with Crippen molar-refractivity contribution in [1.82, 2.24) is 0 Å². The second-order valence-electron chi connectivity index (χ2n) is 2.91. The Morgan fingerprint density at radius 1 is 1.50 bits per heavy atom. The molecule has 14 heavy (non-hydrogen) atoms. The van der Waals surface area contributed by atoms with Gasteiger partial charge in [-0.15, -0.1) is 12.3 Å². The van der Waals surface area contributed by atoms with Gasteiger partial charge in [0.15, 0.2) is 11.5 Å². The minimum absolute atomic E-state index is 0.241. The Balaban J connectivity index is 2.45. The zero-order valence-corrected chi connectivity index (χ0v) is 7.87. The van der Waals surface area contributed by atoms with Gasteiger partial charge in [-0.05, 0) is 17.7 Å². The highest BCUT2D eigenvalue weighted by molar-refractivity contribution is 5.55. The number of hydrogen-bond acceptors (Lipinski definition) is 3. The molecule has 3 heteroatoms. The SMILES string of the molecule is C#CCc1cc(OC)c2c(c1)OCO2. The molecule has 0 saturated carbocycles. The van der Waals surface area contributed by atoms with Crippen LogP contribution < -0.4 is 14.2 Å². The lowest BCUT2D eigenvalue weighted by atomic mass is 10.1. The largest absolute Gasteiger partial charge is 0.493 e. The van der Waals surface area contributed by atoms with Gasteiger partial charge < -0.3 is 14.2 Å². The van der Waals surface area contributed by atoms with Crippen LogP contribution in [0.25, 0.3) is 0 Å². The van der Waals surface area contributed by atoms with E-state index in [1.165, 1.54) is 0 Å². The molecule has 0 radical (unpaired) electrons. The maximum atomic E-state index is 5.26. The highest BCUT2D eigenvalue weighted by Crippen LogP contribution is 2.41. The average Bonchev–Trinajstić information content (AvgIpc) is 2.65. The first kappa shape index (κ1) is 8.76. The summed E-state index contributed by atoms with van der Waals surface area (Å²) in [7, 11) is 1.59. The van der Waals surface area contributed by atoms with Crippen LogP contribution in [0.4, 0.5) is 0 Å². The lowest BCUT2D eigenvalue weighted by Gasteiger charge is -2.06. The van der Waals surface area contributed by atoms with Gasteiger partial charge in [0.05, 0.1) is 7.11 Å². The first-order chi connectivity index (χ1) is 6.85. The second kappa shape index (κ2) is 3.51. The molecule has 0 aromatic heterocycles. The average molecular weight is 190 g/mol. The predicted octanol–water partition coefficient (Wildman–Crippen LogP) is 1.60. The van der Waals surface area contributed by atoms with Crippen LogP contribution in [0.15, 0.2) is 12.1 Å². The first-order valence-corrected chi connectivity index (χ1v) is 4.25. The number of rotatable bonds is 2. The number of methoxy groups -OCH3 is 1. The van der Waals surface area contributed by atoms with E-state index in [2.05, 4.69) is 5.92 Å². The molecule has 1 aliphatic heterocycles. The maximum absolute atomic E-state index is 5.26. The lowest BCUT2D eigenvalue weighted by molar-refractivity contribution is 0.171. The zero-order valence-electron chi connectivity index (χ0n) is 7.87. The van der Waals surface area contributed by atoms with Crippen molar-refractivity contribution in [2.24, 2.45) is 0 Å². The van der Waals surface area contributed by atoms with Gasteiger partial charge in [0.25, 0.3) is 0 Å². The maximum Gasteiger partial charge on any atom is 0.231 e. The van der Waals surface area contributed by atoms with Gasteiger partial charge >= 0.3 is 0 Å². The third-order valence-corrected chi connectivity index (χ3v) is 2.02. The fourth-order valence-electron chi connectivity index (χ4n) is 1.40.